The highest BCUT2D eigenvalue weighted by Gasteiger charge is 2.14. The molecule has 0 N–H and O–H groups in total. The van der Waals surface area contributed by atoms with Crippen LogP contribution >= 0.6 is 19.0 Å². The highest BCUT2D eigenvalue weighted by atomic mass is 35.5. The minimum atomic E-state index is -3.52. The average Bonchev–Trinajstić information content (AvgIpc) is 1.86. The largest absolute Gasteiger partial charge is 0.325 e. The van der Waals surface area contributed by atoms with Crippen molar-refractivity contribution in [1.82, 2.24) is 0 Å². The summed E-state index contributed by atoms with van der Waals surface area (Å²) in [6.07, 6.45) is 0. The molecule has 0 bridgehead atoms. The SMILES string of the molecule is [2H]C([2H])(Cl)P(=O)(C=C)OCC. The number of hydrogen-bond acceptors (Lipinski definition) is 2. The van der Waals surface area contributed by atoms with E-state index in [9.17, 15) is 4.57 Å². The number of alkyl halides is 1. The lowest BCUT2D eigenvalue weighted by Gasteiger charge is -2.07. The van der Waals surface area contributed by atoms with E-state index < -0.39 is 12.9 Å². The van der Waals surface area contributed by atoms with Crippen molar-refractivity contribution < 1.29 is 11.8 Å². The van der Waals surface area contributed by atoms with Crippen molar-refractivity contribution in [2.75, 3.05) is 12.2 Å². The molecule has 2 nitrogen and oxygen atoms in total. The van der Waals surface area contributed by atoms with Gasteiger partial charge in [0.15, 0.2) is 0 Å². The lowest BCUT2D eigenvalue weighted by Crippen LogP contribution is -1.86. The van der Waals surface area contributed by atoms with E-state index in [2.05, 4.69) is 11.1 Å². The minimum Gasteiger partial charge on any atom is -0.325 e. The smallest absolute Gasteiger partial charge is 0.238 e. The molecular weight excluding hydrogens is 158 g/mol. The third kappa shape index (κ3) is 3.04. The van der Waals surface area contributed by atoms with Crippen LogP contribution in [-0.2, 0) is 9.09 Å². The van der Waals surface area contributed by atoms with Gasteiger partial charge in [0.05, 0.1) is 9.35 Å². The molecule has 0 aromatic rings. The van der Waals surface area contributed by atoms with Gasteiger partial charge in [-0.25, -0.2) is 0 Å². The topological polar surface area (TPSA) is 26.3 Å². The Balaban J connectivity index is 4.61. The van der Waals surface area contributed by atoms with Gasteiger partial charge < -0.3 is 4.52 Å². The summed E-state index contributed by atoms with van der Waals surface area (Å²) in [6.45, 7) is 4.96. The standard InChI is InChI=1S/C5H10ClO2P/c1-3-8-9(7,4-2)5-6/h4H,2-3,5H2,1H3/i5D2. The summed E-state index contributed by atoms with van der Waals surface area (Å²) >= 11 is 5.19. The molecule has 0 fully saturated rings. The van der Waals surface area contributed by atoms with E-state index in [0.29, 0.717) is 0 Å². The van der Waals surface area contributed by atoms with E-state index in [4.69, 9.17) is 14.3 Å². The first-order valence-corrected chi connectivity index (χ1v) is 4.51. The third-order valence-electron chi connectivity index (χ3n) is 0.679. The zero-order valence-corrected chi connectivity index (χ0v) is 6.78. The summed E-state index contributed by atoms with van der Waals surface area (Å²) in [6, 6.07) is 0. The molecule has 0 saturated carbocycles. The molecule has 9 heavy (non-hydrogen) atoms. The summed E-state index contributed by atoms with van der Waals surface area (Å²) in [5, 5.41) is 0. The molecule has 1 unspecified atom stereocenters. The third-order valence-corrected chi connectivity index (χ3v) is 2.74. The molecule has 0 aromatic heterocycles. The van der Waals surface area contributed by atoms with Crippen molar-refractivity contribution in [2.45, 2.75) is 6.92 Å². The maximum Gasteiger partial charge on any atom is 0.238 e. The molecule has 0 aromatic carbocycles. The molecule has 0 aliphatic rings. The van der Waals surface area contributed by atoms with Gasteiger partial charge in [-0.2, -0.15) is 0 Å². The van der Waals surface area contributed by atoms with E-state index in [0.717, 1.165) is 5.82 Å². The summed E-state index contributed by atoms with van der Waals surface area (Å²) in [5.74, 6) is 0.934. The van der Waals surface area contributed by atoms with Gasteiger partial charge in [-0.15, -0.1) is 11.6 Å². The first-order valence-electron chi connectivity index (χ1n) is 3.44. The molecule has 0 saturated heterocycles. The van der Waals surface area contributed by atoms with Gasteiger partial charge in [-0.05, 0) is 12.7 Å². The van der Waals surface area contributed by atoms with Crippen LogP contribution in [0.3, 0.4) is 0 Å². The molecule has 0 radical (unpaired) electrons. The van der Waals surface area contributed by atoms with Crippen molar-refractivity contribution >= 4 is 19.0 Å². The second kappa shape index (κ2) is 4.10. The molecule has 0 rings (SSSR count). The summed E-state index contributed by atoms with van der Waals surface area (Å²) in [7, 11) is -3.52. The van der Waals surface area contributed by atoms with E-state index in [1.54, 1.807) is 6.92 Å². The van der Waals surface area contributed by atoms with Crippen LogP contribution in [0.2, 0.25) is 0 Å². The Bertz CT molecular complexity index is 189. The van der Waals surface area contributed by atoms with Crippen LogP contribution in [0.25, 0.3) is 0 Å². The first-order chi connectivity index (χ1) is 4.87. The lowest BCUT2D eigenvalue weighted by molar-refractivity contribution is 0.343. The quantitative estimate of drug-likeness (QED) is 0.479. The Hall–Kier alpha value is 0.220. The molecule has 0 spiro atoms. The average molecular weight is 171 g/mol. The normalized spacial score (nSPS) is 21.6. The summed E-state index contributed by atoms with van der Waals surface area (Å²) < 4.78 is 30.0. The van der Waals surface area contributed by atoms with Crippen LogP contribution in [0.1, 0.15) is 9.67 Å². The molecule has 1 atom stereocenters. The number of hydrogen-bond donors (Lipinski definition) is 0. The zero-order valence-electron chi connectivity index (χ0n) is 7.13. The van der Waals surface area contributed by atoms with Gasteiger partial charge in [-0.3, -0.25) is 4.57 Å². The van der Waals surface area contributed by atoms with Crippen LogP contribution < -0.4 is 0 Å². The maximum atomic E-state index is 11.4. The van der Waals surface area contributed by atoms with E-state index >= 15 is 0 Å². The van der Waals surface area contributed by atoms with E-state index in [1.807, 2.05) is 0 Å². The Morgan fingerprint density at radius 2 is 2.67 bits per heavy atom. The lowest BCUT2D eigenvalue weighted by atomic mass is 10.9. The Morgan fingerprint density at radius 1 is 2.11 bits per heavy atom. The molecule has 0 aliphatic heterocycles. The van der Waals surface area contributed by atoms with Gasteiger partial charge in [0, 0.05) is 0 Å². The molecular formula is C5H10ClO2P. The molecule has 0 amide bonds. The van der Waals surface area contributed by atoms with Crippen LogP contribution in [0.4, 0.5) is 0 Å². The van der Waals surface area contributed by atoms with E-state index in [1.165, 1.54) is 0 Å². The van der Waals surface area contributed by atoms with Crippen molar-refractivity contribution in [3.63, 3.8) is 0 Å². The van der Waals surface area contributed by atoms with Crippen LogP contribution in [0.15, 0.2) is 12.4 Å². The second-order valence-corrected chi connectivity index (χ2v) is 3.78. The monoisotopic (exact) mass is 170 g/mol. The Morgan fingerprint density at radius 3 is 2.78 bits per heavy atom. The number of rotatable bonds is 4. The molecule has 0 aliphatic carbocycles. The summed E-state index contributed by atoms with van der Waals surface area (Å²) in [4.78, 5) is 0. The van der Waals surface area contributed by atoms with Crippen LogP contribution in [0.5, 0.6) is 0 Å². The fourth-order valence-corrected chi connectivity index (χ4v) is 1.26. The summed E-state index contributed by atoms with van der Waals surface area (Å²) in [5.41, 5.74) is -2.36. The highest BCUT2D eigenvalue weighted by Crippen LogP contribution is 2.48. The number of halogens is 1. The second-order valence-electron chi connectivity index (χ2n) is 1.28. The van der Waals surface area contributed by atoms with E-state index in [-0.39, 0.29) is 6.61 Å². The Kier molecular flexibility index (Phi) is 2.72. The minimum absolute atomic E-state index is 0.148. The highest BCUT2D eigenvalue weighted by molar-refractivity contribution is 7.63. The van der Waals surface area contributed by atoms with Gasteiger partial charge in [0.1, 0.15) is 5.57 Å². The van der Waals surface area contributed by atoms with Crippen molar-refractivity contribution in [3.8, 4) is 0 Å². The predicted octanol–water partition coefficient (Wildman–Crippen LogP) is 2.64. The predicted molar refractivity (Wildman–Crippen MR) is 40.1 cm³/mol. The molecule has 0 heterocycles. The molecule has 54 valence electrons. The van der Waals surface area contributed by atoms with Crippen molar-refractivity contribution in [3.05, 3.63) is 12.4 Å². The maximum absolute atomic E-state index is 11.4. The fourth-order valence-electron chi connectivity index (χ4n) is 0.303. The Labute approximate surface area is 63.1 Å². The van der Waals surface area contributed by atoms with Gasteiger partial charge in [0.2, 0.25) is 7.37 Å². The van der Waals surface area contributed by atoms with Crippen molar-refractivity contribution in [1.29, 1.82) is 0 Å². The molecule has 4 heteroatoms. The zero-order chi connectivity index (χ0) is 9.12. The van der Waals surface area contributed by atoms with Crippen molar-refractivity contribution in [2.24, 2.45) is 0 Å². The fraction of sp³-hybridized carbons (Fsp3) is 0.600. The van der Waals surface area contributed by atoms with Crippen LogP contribution in [0, 0.1) is 0 Å². The first kappa shape index (κ1) is 5.96. The van der Waals surface area contributed by atoms with Gasteiger partial charge in [0.25, 0.3) is 0 Å². The van der Waals surface area contributed by atoms with Gasteiger partial charge >= 0.3 is 0 Å². The van der Waals surface area contributed by atoms with Crippen LogP contribution in [-0.4, -0.2) is 12.2 Å². The van der Waals surface area contributed by atoms with Gasteiger partial charge in [-0.1, -0.05) is 6.58 Å².